The van der Waals surface area contributed by atoms with Crippen LogP contribution < -0.4 is 10.1 Å². The fourth-order valence-corrected chi connectivity index (χ4v) is 2.47. The molecule has 8 heteroatoms. The van der Waals surface area contributed by atoms with E-state index in [0.29, 0.717) is 17.6 Å². The predicted octanol–water partition coefficient (Wildman–Crippen LogP) is 2.04. The molecule has 0 aliphatic rings. The SMILES string of the molecule is COc1c(C(=O)Nc2nccs2)nnn1Cc1ccccc1. The predicted molar refractivity (Wildman–Crippen MR) is 82.2 cm³/mol. The minimum absolute atomic E-state index is 0.133. The van der Waals surface area contributed by atoms with Crippen LogP contribution in [0.5, 0.6) is 5.88 Å². The molecule has 0 aliphatic heterocycles. The van der Waals surface area contributed by atoms with E-state index >= 15 is 0 Å². The van der Waals surface area contributed by atoms with E-state index in [4.69, 9.17) is 4.74 Å². The molecule has 0 bridgehead atoms. The molecule has 0 spiro atoms. The molecule has 0 atom stereocenters. The third-order valence-electron chi connectivity index (χ3n) is 2.93. The second-order valence-electron chi connectivity index (χ2n) is 4.38. The van der Waals surface area contributed by atoms with Crippen molar-refractivity contribution < 1.29 is 9.53 Å². The number of ether oxygens (including phenoxy) is 1. The van der Waals surface area contributed by atoms with Crippen LogP contribution in [-0.2, 0) is 6.54 Å². The topological polar surface area (TPSA) is 81.9 Å². The molecule has 0 radical (unpaired) electrons. The molecule has 22 heavy (non-hydrogen) atoms. The first-order valence-corrected chi connectivity index (χ1v) is 7.38. The molecular formula is C14H13N5O2S. The fraction of sp³-hybridized carbons (Fsp3) is 0.143. The summed E-state index contributed by atoms with van der Waals surface area (Å²) < 4.78 is 6.84. The Bertz CT molecular complexity index is 755. The van der Waals surface area contributed by atoms with E-state index in [1.807, 2.05) is 30.3 Å². The van der Waals surface area contributed by atoms with Crippen molar-refractivity contribution in [3.8, 4) is 5.88 Å². The minimum Gasteiger partial charge on any atom is -0.479 e. The number of nitrogens with zero attached hydrogens (tertiary/aromatic N) is 4. The first-order valence-electron chi connectivity index (χ1n) is 6.50. The Morgan fingerprint density at radius 1 is 1.36 bits per heavy atom. The number of aromatic nitrogens is 4. The van der Waals surface area contributed by atoms with Crippen LogP contribution in [0.4, 0.5) is 5.13 Å². The summed E-state index contributed by atoms with van der Waals surface area (Å²) in [5.74, 6) is -0.0796. The van der Waals surface area contributed by atoms with Crippen molar-refractivity contribution in [2.75, 3.05) is 12.4 Å². The smallest absolute Gasteiger partial charge is 0.283 e. The molecule has 1 amide bonds. The lowest BCUT2D eigenvalue weighted by molar-refractivity contribution is 0.101. The van der Waals surface area contributed by atoms with Gasteiger partial charge < -0.3 is 4.74 Å². The Balaban J connectivity index is 1.82. The van der Waals surface area contributed by atoms with Gasteiger partial charge in [0.15, 0.2) is 5.13 Å². The number of thiazole rings is 1. The number of rotatable bonds is 5. The molecule has 2 heterocycles. The van der Waals surface area contributed by atoms with Crippen LogP contribution in [0.15, 0.2) is 41.9 Å². The molecular weight excluding hydrogens is 302 g/mol. The van der Waals surface area contributed by atoms with Crippen LogP contribution in [0.2, 0.25) is 0 Å². The summed E-state index contributed by atoms with van der Waals surface area (Å²) in [4.78, 5) is 16.2. The molecule has 0 saturated heterocycles. The highest BCUT2D eigenvalue weighted by Crippen LogP contribution is 2.19. The number of hydrogen-bond acceptors (Lipinski definition) is 6. The molecule has 0 aliphatic carbocycles. The van der Waals surface area contributed by atoms with Gasteiger partial charge in [-0.15, -0.1) is 16.4 Å². The maximum Gasteiger partial charge on any atom is 0.283 e. The van der Waals surface area contributed by atoms with Crippen molar-refractivity contribution in [2.24, 2.45) is 0 Å². The Morgan fingerprint density at radius 2 is 2.18 bits per heavy atom. The highest BCUT2D eigenvalue weighted by atomic mass is 32.1. The lowest BCUT2D eigenvalue weighted by Crippen LogP contribution is -2.14. The normalized spacial score (nSPS) is 10.4. The van der Waals surface area contributed by atoms with E-state index in [9.17, 15) is 4.79 Å². The van der Waals surface area contributed by atoms with Gasteiger partial charge in [0, 0.05) is 11.6 Å². The van der Waals surface area contributed by atoms with Gasteiger partial charge in [-0.3, -0.25) is 10.1 Å². The zero-order chi connectivity index (χ0) is 15.4. The maximum atomic E-state index is 12.2. The van der Waals surface area contributed by atoms with Crippen molar-refractivity contribution in [3.63, 3.8) is 0 Å². The summed E-state index contributed by atoms with van der Waals surface area (Å²) >= 11 is 1.33. The monoisotopic (exact) mass is 315 g/mol. The van der Waals surface area contributed by atoms with Crippen molar-refractivity contribution >= 4 is 22.4 Å². The Morgan fingerprint density at radius 3 is 2.86 bits per heavy atom. The third kappa shape index (κ3) is 2.96. The molecule has 3 rings (SSSR count). The van der Waals surface area contributed by atoms with E-state index in [-0.39, 0.29) is 5.69 Å². The fourth-order valence-electron chi connectivity index (χ4n) is 1.95. The maximum absolute atomic E-state index is 12.2. The summed E-state index contributed by atoms with van der Waals surface area (Å²) in [5.41, 5.74) is 1.17. The number of carbonyl (C=O) groups excluding carboxylic acids is 1. The van der Waals surface area contributed by atoms with Crippen LogP contribution in [-0.4, -0.2) is 33.0 Å². The van der Waals surface area contributed by atoms with Crippen LogP contribution in [0.1, 0.15) is 16.1 Å². The van der Waals surface area contributed by atoms with E-state index in [0.717, 1.165) is 5.56 Å². The molecule has 0 unspecified atom stereocenters. The van der Waals surface area contributed by atoms with Gasteiger partial charge in [0.05, 0.1) is 13.7 Å². The van der Waals surface area contributed by atoms with Crippen LogP contribution in [0.3, 0.4) is 0 Å². The van der Waals surface area contributed by atoms with Gasteiger partial charge >= 0.3 is 0 Å². The first kappa shape index (κ1) is 14.2. The van der Waals surface area contributed by atoms with Crippen molar-refractivity contribution in [2.45, 2.75) is 6.54 Å². The number of carbonyl (C=O) groups is 1. The van der Waals surface area contributed by atoms with Crippen LogP contribution >= 0.6 is 11.3 Å². The van der Waals surface area contributed by atoms with Crippen LogP contribution in [0, 0.1) is 0 Å². The van der Waals surface area contributed by atoms with E-state index < -0.39 is 5.91 Å². The van der Waals surface area contributed by atoms with Gasteiger partial charge in [0.1, 0.15) is 0 Å². The lowest BCUT2D eigenvalue weighted by Gasteiger charge is -2.06. The standard InChI is InChI=1S/C14H13N5O2S/c1-21-13-11(12(20)16-14-15-7-8-22-14)17-18-19(13)9-10-5-3-2-4-6-10/h2-8H,9H2,1H3,(H,15,16,20). The molecule has 0 saturated carbocycles. The van der Waals surface area contributed by atoms with E-state index in [1.165, 1.54) is 18.4 Å². The Hall–Kier alpha value is -2.74. The van der Waals surface area contributed by atoms with Gasteiger partial charge in [-0.25, -0.2) is 9.67 Å². The van der Waals surface area contributed by atoms with Gasteiger partial charge in [-0.2, -0.15) is 0 Å². The number of nitrogens with one attached hydrogen (secondary N) is 1. The van der Waals surface area contributed by atoms with Gasteiger partial charge in [-0.1, -0.05) is 35.5 Å². The zero-order valence-corrected chi connectivity index (χ0v) is 12.6. The molecule has 1 N–H and O–H groups in total. The number of amides is 1. The second kappa shape index (κ2) is 6.35. The second-order valence-corrected chi connectivity index (χ2v) is 5.28. The summed E-state index contributed by atoms with van der Waals surface area (Å²) in [5, 5.41) is 12.9. The van der Waals surface area contributed by atoms with Crippen molar-refractivity contribution in [1.82, 2.24) is 20.0 Å². The minimum atomic E-state index is -0.397. The highest BCUT2D eigenvalue weighted by molar-refractivity contribution is 7.13. The van der Waals surface area contributed by atoms with E-state index in [2.05, 4.69) is 20.6 Å². The van der Waals surface area contributed by atoms with Crippen molar-refractivity contribution in [3.05, 3.63) is 53.2 Å². The Kier molecular flexibility index (Phi) is 4.10. The summed E-state index contributed by atoms with van der Waals surface area (Å²) in [6.07, 6.45) is 1.61. The average molecular weight is 315 g/mol. The lowest BCUT2D eigenvalue weighted by atomic mass is 10.2. The van der Waals surface area contributed by atoms with E-state index in [1.54, 1.807) is 16.3 Å². The Labute approximate surface area is 130 Å². The van der Waals surface area contributed by atoms with Gasteiger partial charge in [0.2, 0.25) is 11.6 Å². The summed E-state index contributed by atoms with van der Waals surface area (Å²) in [6, 6.07) is 9.76. The zero-order valence-electron chi connectivity index (χ0n) is 11.8. The molecule has 1 aromatic carbocycles. The molecule has 2 aromatic heterocycles. The largest absolute Gasteiger partial charge is 0.479 e. The summed E-state index contributed by atoms with van der Waals surface area (Å²) in [6.45, 7) is 0.474. The highest BCUT2D eigenvalue weighted by Gasteiger charge is 2.21. The number of hydrogen-bond donors (Lipinski definition) is 1. The average Bonchev–Trinajstić information content (AvgIpc) is 3.17. The van der Waals surface area contributed by atoms with Gasteiger partial charge in [0.25, 0.3) is 5.91 Å². The molecule has 7 nitrogen and oxygen atoms in total. The first-order chi connectivity index (χ1) is 10.8. The molecule has 0 fully saturated rings. The number of methoxy groups -OCH3 is 1. The molecule has 112 valence electrons. The number of anilines is 1. The number of benzene rings is 1. The summed E-state index contributed by atoms with van der Waals surface area (Å²) in [7, 11) is 1.49. The van der Waals surface area contributed by atoms with Crippen molar-refractivity contribution in [1.29, 1.82) is 0 Å². The van der Waals surface area contributed by atoms with Crippen LogP contribution in [0.25, 0.3) is 0 Å². The quantitative estimate of drug-likeness (QED) is 0.779. The van der Waals surface area contributed by atoms with Gasteiger partial charge in [-0.05, 0) is 5.56 Å². The molecule has 3 aromatic rings. The third-order valence-corrected chi connectivity index (χ3v) is 3.61.